The molecule has 2 aromatic rings. The number of aromatic nitrogens is 2. The van der Waals surface area contributed by atoms with Crippen LogP contribution in [0.2, 0.25) is 0 Å². The van der Waals surface area contributed by atoms with Gasteiger partial charge in [0.05, 0.1) is 26.4 Å². The van der Waals surface area contributed by atoms with Crippen LogP contribution >= 0.6 is 0 Å². The van der Waals surface area contributed by atoms with E-state index in [1.54, 1.807) is 18.2 Å². The van der Waals surface area contributed by atoms with E-state index in [0.29, 0.717) is 37.1 Å². The first-order chi connectivity index (χ1) is 11.6. The molecule has 1 saturated heterocycles. The molecule has 24 heavy (non-hydrogen) atoms. The second kappa shape index (κ2) is 6.84. The molecule has 1 aromatic heterocycles. The van der Waals surface area contributed by atoms with Crippen molar-refractivity contribution in [3.63, 3.8) is 0 Å². The summed E-state index contributed by atoms with van der Waals surface area (Å²) in [5.41, 5.74) is 7.41. The zero-order valence-corrected chi connectivity index (χ0v) is 13.7. The molecule has 1 aromatic carbocycles. The monoisotopic (exact) mass is 328 g/mol. The molecule has 0 saturated carbocycles. The Bertz CT molecular complexity index is 733. The maximum Gasteiger partial charge on any atom is 0.356 e. The largest absolute Gasteiger partial charge is 0.464 e. The van der Waals surface area contributed by atoms with E-state index in [4.69, 9.17) is 15.2 Å². The van der Waals surface area contributed by atoms with Crippen molar-refractivity contribution < 1.29 is 14.3 Å². The highest BCUT2D eigenvalue weighted by molar-refractivity contribution is 5.88. The molecule has 2 N–H and O–H groups in total. The molecule has 2 heterocycles. The number of rotatable bonds is 3. The van der Waals surface area contributed by atoms with Crippen molar-refractivity contribution >= 4 is 17.5 Å². The van der Waals surface area contributed by atoms with Gasteiger partial charge in [-0.3, -0.25) is 0 Å². The molecular weight excluding hydrogens is 308 g/mol. The van der Waals surface area contributed by atoms with Crippen molar-refractivity contribution in [2.45, 2.75) is 13.0 Å². The fourth-order valence-electron chi connectivity index (χ4n) is 2.62. The summed E-state index contributed by atoms with van der Waals surface area (Å²) in [6.45, 7) is 4.01. The van der Waals surface area contributed by atoms with Crippen molar-refractivity contribution in [1.82, 2.24) is 9.97 Å². The minimum atomic E-state index is -0.490. The topological polar surface area (TPSA) is 90.6 Å². The third-order valence-corrected chi connectivity index (χ3v) is 3.94. The van der Waals surface area contributed by atoms with Crippen molar-refractivity contribution in [2.75, 3.05) is 37.5 Å². The maximum absolute atomic E-state index is 12.0. The van der Waals surface area contributed by atoms with Crippen LogP contribution < -0.4 is 10.6 Å². The van der Waals surface area contributed by atoms with E-state index in [1.165, 1.54) is 7.11 Å². The van der Waals surface area contributed by atoms with Crippen LogP contribution in [0.4, 0.5) is 11.5 Å². The van der Waals surface area contributed by atoms with E-state index < -0.39 is 5.97 Å². The third kappa shape index (κ3) is 3.30. The molecule has 0 amide bonds. The number of esters is 1. The normalized spacial score (nSPS) is 17.6. The van der Waals surface area contributed by atoms with Crippen LogP contribution in [-0.2, 0) is 9.47 Å². The van der Waals surface area contributed by atoms with Gasteiger partial charge in [-0.1, -0.05) is 0 Å². The van der Waals surface area contributed by atoms with E-state index in [-0.39, 0.29) is 11.7 Å². The molecule has 1 fully saturated rings. The lowest BCUT2D eigenvalue weighted by atomic mass is 10.2. The van der Waals surface area contributed by atoms with Gasteiger partial charge in [0, 0.05) is 23.9 Å². The number of anilines is 2. The average Bonchev–Trinajstić information content (AvgIpc) is 2.61. The van der Waals surface area contributed by atoms with Gasteiger partial charge in [-0.25, -0.2) is 14.8 Å². The summed E-state index contributed by atoms with van der Waals surface area (Å²) >= 11 is 0. The second-order valence-electron chi connectivity index (χ2n) is 5.67. The molecule has 0 spiro atoms. The lowest BCUT2D eigenvalue weighted by Crippen LogP contribution is -2.44. The summed E-state index contributed by atoms with van der Waals surface area (Å²) in [6, 6.07) is 9.05. The van der Waals surface area contributed by atoms with Gasteiger partial charge < -0.3 is 20.1 Å². The van der Waals surface area contributed by atoms with Gasteiger partial charge in [0.15, 0.2) is 11.5 Å². The number of nitrogen functional groups attached to an aromatic ring is 1. The Hall–Kier alpha value is -2.67. The molecule has 0 bridgehead atoms. The maximum atomic E-state index is 12.0. The van der Waals surface area contributed by atoms with Crippen molar-refractivity contribution in [3.05, 3.63) is 36.0 Å². The third-order valence-electron chi connectivity index (χ3n) is 3.94. The zero-order valence-electron chi connectivity index (χ0n) is 13.7. The van der Waals surface area contributed by atoms with Gasteiger partial charge >= 0.3 is 5.97 Å². The minimum absolute atomic E-state index is 0.165. The lowest BCUT2D eigenvalue weighted by molar-refractivity contribution is 0.0594. The average molecular weight is 328 g/mol. The zero-order chi connectivity index (χ0) is 17.1. The number of hydrogen-bond acceptors (Lipinski definition) is 7. The van der Waals surface area contributed by atoms with E-state index in [1.807, 2.05) is 12.1 Å². The van der Waals surface area contributed by atoms with Gasteiger partial charge in [-0.05, 0) is 31.2 Å². The SMILES string of the molecule is COC(=O)c1cc(N2CCOC[C@@H]2C)nc(-c2ccc(N)cc2)n1. The summed E-state index contributed by atoms with van der Waals surface area (Å²) in [4.78, 5) is 23.1. The standard InChI is InChI=1S/C17H20N4O3/c1-11-10-24-8-7-21(11)15-9-14(17(22)23-2)19-16(20-15)12-3-5-13(18)6-4-12/h3-6,9,11H,7-8,10,18H2,1-2H3/t11-/m0/s1. The fourth-order valence-corrected chi connectivity index (χ4v) is 2.62. The fraction of sp³-hybridized carbons (Fsp3) is 0.353. The predicted octanol–water partition coefficient (Wildman–Crippen LogP) is 1.74. The number of morpholine rings is 1. The molecule has 0 radical (unpaired) electrons. The summed E-state index contributed by atoms with van der Waals surface area (Å²) in [7, 11) is 1.34. The summed E-state index contributed by atoms with van der Waals surface area (Å²) in [5, 5.41) is 0. The Morgan fingerprint density at radius 1 is 1.33 bits per heavy atom. The molecule has 7 nitrogen and oxygen atoms in total. The predicted molar refractivity (Wildman–Crippen MR) is 90.8 cm³/mol. The van der Waals surface area contributed by atoms with Crippen LogP contribution in [0.1, 0.15) is 17.4 Å². The molecule has 1 atom stereocenters. The first-order valence-corrected chi connectivity index (χ1v) is 7.76. The highest BCUT2D eigenvalue weighted by Crippen LogP contribution is 2.24. The number of ether oxygens (including phenoxy) is 2. The number of carbonyl (C=O) groups excluding carboxylic acids is 1. The van der Waals surface area contributed by atoms with Crippen LogP contribution in [-0.4, -0.2) is 48.8 Å². The van der Waals surface area contributed by atoms with Gasteiger partial charge in [0.25, 0.3) is 0 Å². The number of nitrogens with two attached hydrogens (primary N) is 1. The van der Waals surface area contributed by atoms with Gasteiger partial charge in [-0.2, -0.15) is 0 Å². The number of benzene rings is 1. The molecule has 0 unspecified atom stereocenters. The number of carbonyl (C=O) groups is 1. The van der Waals surface area contributed by atoms with Crippen molar-refractivity contribution in [1.29, 1.82) is 0 Å². The van der Waals surface area contributed by atoms with Crippen LogP contribution in [0.25, 0.3) is 11.4 Å². The Morgan fingerprint density at radius 2 is 2.08 bits per heavy atom. The van der Waals surface area contributed by atoms with E-state index in [0.717, 1.165) is 5.56 Å². The highest BCUT2D eigenvalue weighted by atomic mass is 16.5. The Morgan fingerprint density at radius 3 is 2.75 bits per heavy atom. The van der Waals surface area contributed by atoms with Gasteiger partial charge in [0.2, 0.25) is 0 Å². The molecule has 1 aliphatic rings. The smallest absolute Gasteiger partial charge is 0.356 e. The highest BCUT2D eigenvalue weighted by Gasteiger charge is 2.23. The Labute approximate surface area is 140 Å². The molecule has 3 rings (SSSR count). The molecule has 1 aliphatic heterocycles. The van der Waals surface area contributed by atoms with Crippen molar-refractivity contribution in [2.24, 2.45) is 0 Å². The number of methoxy groups -OCH3 is 1. The minimum Gasteiger partial charge on any atom is -0.464 e. The van der Waals surface area contributed by atoms with Gasteiger partial charge in [0.1, 0.15) is 5.82 Å². The molecule has 7 heteroatoms. The van der Waals surface area contributed by atoms with Crippen LogP contribution in [0.15, 0.2) is 30.3 Å². The Balaban J connectivity index is 2.06. The lowest BCUT2D eigenvalue weighted by Gasteiger charge is -2.34. The first kappa shape index (κ1) is 16.2. The van der Waals surface area contributed by atoms with E-state index in [9.17, 15) is 4.79 Å². The molecule has 126 valence electrons. The molecule has 0 aliphatic carbocycles. The quantitative estimate of drug-likeness (QED) is 0.678. The van der Waals surface area contributed by atoms with Crippen molar-refractivity contribution in [3.8, 4) is 11.4 Å². The summed E-state index contributed by atoms with van der Waals surface area (Å²) in [5.74, 6) is 0.663. The number of hydrogen-bond donors (Lipinski definition) is 1. The summed E-state index contributed by atoms with van der Waals surface area (Å²) < 4.78 is 10.3. The van der Waals surface area contributed by atoms with Crippen LogP contribution in [0, 0.1) is 0 Å². The second-order valence-corrected chi connectivity index (χ2v) is 5.67. The van der Waals surface area contributed by atoms with Crippen LogP contribution in [0.5, 0.6) is 0 Å². The van der Waals surface area contributed by atoms with E-state index in [2.05, 4.69) is 21.8 Å². The van der Waals surface area contributed by atoms with Gasteiger partial charge in [-0.15, -0.1) is 0 Å². The van der Waals surface area contributed by atoms with Crippen LogP contribution in [0.3, 0.4) is 0 Å². The summed E-state index contributed by atoms with van der Waals surface area (Å²) in [6.07, 6.45) is 0. The molecular formula is C17H20N4O3. The first-order valence-electron chi connectivity index (χ1n) is 7.76. The number of nitrogens with zero attached hydrogens (tertiary/aromatic N) is 3. The van der Waals surface area contributed by atoms with E-state index >= 15 is 0 Å². The Kier molecular flexibility index (Phi) is 4.61.